The molecule has 0 unspecified atom stereocenters. The van der Waals surface area contributed by atoms with Crippen molar-refractivity contribution in [2.24, 2.45) is 0 Å². The predicted octanol–water partition coefficient (Wildman–Crippen LogP) is 2.42. The number of hydrogen-bond donors (Lipinski definition) is 3. The van der Waals surface area contributed by atoms with E-state index in [1.54, 1.807) is 24.3 Å². The van der Waals surface area contributed by atoms with Crippen LogP contribution in [0.15, 0.2) is 33.9 Å². The molecule has 5 nitrogen and oxygen atoms in total. The van der Waals surface area contributed by atoms with E-state index in [1.165, 1.54) is 0 Å². The molecular weight excluding hydrogens is 268 g/mol. The lowest BCUT2D eigenvalue weighted by molar-refractivity contribution is 0.471. The Kier molecular flexibility index (Phi) is 3.25. The second kappa shape index (κ2) is 5.09. The normalized spacial score (nSPS) is 11.3. The molecule has 2 aromatic heterocycles. The van der Waals surface area contributed by atoms with Crippen LogP contribution in [0.3, 0.4) is 0 Å². The molecule has 0 saturated heterocycles. The summed E-state index contributed by atoms with van der Waals surface area (Å²) < 4.78 is 0. The number of aromatic hydroxyl groups is 1. The van der Waals surface area contributed by atoms with E-state index in [0.717, 1.165) is 12.8 Å². The van der Waals surface area contributed by atoms with E-state index < -0.39 is 0 Å². The fourth-order valence-electron chi connectivity index (χ4n) is 2.59. The van der Waals surface area contributed by atoms with E-state index in [4.69, 9.17) is 0 Å². The Balaban J connectivity index is 2.42. The zero-order valence-electron chi connectivity index (χ0n) is 11.7. The van der Waals surface area contributed by atoms with Crippen LogP contribution in [0, 0.1) is 0 Å². The SMILES string of the molecule is CCCCc1c(O)c2c(=O)c3ccccc3[nH]c2[nH]c1=O. The average molecular weight is 284 g/mol. The molecule has 21 heavy (non-hydrogen) atoms. The van der Waals surface area contributed by atoms with Crippen LogP contribution in [0.1, 0.15) is 25.3 Å². The largest absolute Gasteiger partial charge is 0.507 e. The molecule has 3 rings (SSSR count). The van der Waals surface area contributed by atoms with E-state index in [0.29, 0.717) is 17.3 Å². The highest BCUT2D eigenvalue weighted by Gasteiger charge is 2.16. The van der Waals surface area contributed by atoms with Gasteiger partial charge in [-0.25, -0.2) is 0 Å². The van der Waals surface area contributed by atoms with Crippen molar-refractivity contribution in [1.82, 2.24) is 9.97 Å². The first-order chi connectivity index (χ1) is 10.1. The molecule has 5 heteroatoms. The maximum Gasteiger partial charge on any atom is 0.256 e. The zero-order chi connectivity index (χ0) is 15.0. The van der Waals surface area contributed by atoms with Gasteiger partial charge in [0.15, 0.2) is 0 Å². The van der Waals surface area contributed by atoms with Crippen molar-refractivity contribution in [3.8, 4) is 5.75 Å². The standard InChI is InChI=1S/C16H16N2O3/c1-2-3-6-10-14(20)12-13(19)9-7-4-5-8-11(9)17-15(12)18-16(10)21/h4-5,7-8H,2-3,6H2,1H3,(H3,17,18,19,20,21). The first-order valence-corrected chi connectivity index (χ1v) is 7.02. The molecule has 0 radical (unpaired) electrons. The lowest BCUT2D eigenvalue weighted by Gasteiger charge is -2.08. The minimum absolute atomic E-state index is 0.152. The highest BCUT2D eigenvalue weighted by atomic mass is 16.3. The van der Waals surface area contributed by atoms with Crippen LogP contribution in [0.5, 0.6) is 5.75 Å². The van der Waals surface area contributed by atoms with Crippen LogP contribution in [-0.2, 0) is 6.42 Å². The summed E-state index contributed by atoms with van der Waals surface area (Å²) in [5.41, 5.74) is 0.558. The second-order valence-corrected chi connectivity index (χ2v) is 5.13. The lowest BCUT2D eigenvalue weighted by Crippen LogP contribution is -2.17. The quantitative estimate of drug-likeness (QED) is 0.646. The van der Waals surface area contributed by atoms with Gasteiger partial charge in [-0.3, -0.25) is 9.59 Å². The van der Waals surface area contributed by atoms with Crippen molar-refractivity contribution in [3.63, 3.8) is 0 Å². The monoisotopic (exact) mass is 284 g/mol. The molecule has 0 saturated carbocycles. The first kappa shape index (κ1) is 13.4. The number of nitrogens with one attached hydrogen (secondary N) is 2. The van der Waals surface area contributed by atoms with Crippen molar-refractivity contribution in [2.75, 3.05) is 0 Å². The third-order valence-corrected chi connectivity index (χ3v) is 3.72. The molecule has 0 aliphatic carbocycles. The smallest absolute Gasteiger partial charge is 0.256 e. The summed E-state index contributed by atoms with van der Waals surface area (Å²) in [7, 11) is 0. The number of pyridine rings is 2. The summed E-state index contributed by atoms with van der Waals surface area (Å²) in [6.45, 7) is 2.01. The van der Waals surface area contributed by atoms with Gasteiger partial charge in [0.05, 0.1) is 11.1 Å². The van der Waals surface area contributed by atoms with Crippen LogP contribution in [0.25, 0.3) is 21.9 Å². The minimum atomic E-state index is -0.348. The molecule has 0 aliphatic heterocycles. The maximum absolute atomic E-state index is 12.5. The van der Waals surface area contributed by atoms with Gasteiger partial charge in [0.2, 0.25) is 5.43 Å². The van der Waals surface area contributed by atoms with E-state index in [2.05, 4.69) is 9.97 Å². The molecule has 0 fully saturated rings. The number of benzene rings is 1. The summed E-state index contributed by atoms with van der Waals surface area (Å²) in [5, 5.41) is 11.0. The number of para-hydroxylation sites is 1. The van der Waals surface area contributed by atoms with Gasteiger partial charge < -0.3 is 15.1 Å². The van der Waals surface area contributed by atoms with Crippen molar-refractivity contribution >= 4 is 21.9 Å². The number of aromatic nitrogens is 2. The van der Waals surface area contributed by atoms with Gasteiger partial charge in [0.1, 0.15) is 16.8 Å². The van der Waals surface area contributed by atoms with E-state index >= 15 is 0 Å². The molecule has 3 N–H and O–H groups in total. The highest BCUT2D eigenvalue weighted by Crippen LogP contribution is 2.24. The number of H-pyrrole nitrogens is 2. The van der Waals surface area contributed by atoms with E-state index in [-0.39, 0.29) is 33.3 Å². The van der Waals surface area contributed by atoms with Crippen LogP contribution in [0.4, 0.5) is 0 Å². The minimum Gasteiger partial charge on any atom is -0.507 e. The fourth-order valence-corrected chi connectivity index (χ4v) is 2.59. The number of hydrogen-bond acceptors (Lipinski definition) is 3. The zero-order valence-corrected chi connectivity index (χ0v) is 11.7. The molecule has 3 aromatic rings. The molecule has 0 spiro atoms. The Bertz CT molecular complexity index is 938. The summed E-state index contributed by atoms with van der Waals surface area (Å²) in [6, 6.07) is 7.03. The topological polar surface area (TPSA) is 85.9 Å². The van der Waals surface area contributed by atoms with Gasteiger partial charge in [-0.15, -0.1) is 0 Å². The summed E-state index contributed by atoms with van der Waals surface area (Å²) in [4.78, 5) is 30.3. The summed E-state index contributed by atoms with van der Waals surface area (Å²) in [6.07, 6.45) is 2.15. The van der Waals surface area contributed by atoms with Gasteiger partial charge in [0.25, 0.3) is 5.56 Å². The van der Waals surface area contributed by atoms with Gasteiger partial charge in [-0.1, -0.05) is 25.5 Å². The lowest BCUT2D eigenvalue weighted by atomic mass is 10.1. The summed E-state index contributed by atoms with van der Waals surface area (Å²) in [5.74, 6) is -0.200. The Morgan fingerprint density at radius 3 is 2.67 bits per heavy atom. The van der Waals surface area contributed by atoms with Gasteiger partial charge >= 0.3 is 0 Å². The average Bonchev–Trinajstić information content (AvgIpc) is 2.47. The second-order valence-electron chi connectivity index (χ2n) is 5.13. The number of unbranched alkanes of at least 4 members (excludes halogenated alkanes) is 1. The molecule has 0 bridgehead atoms. The van der Waals surface area contributed by atoms with E-state index in [1.807, 2.05) is 6.92 Å². The molecule has 108 valence electrons. The van der Waals surface area contributed by atoms with Gasteiger partial charge in [-0.2, -0.15) is 0 Å². The Labute approximate surface area is 120 Å². The number of aromatic amines is 2. The van der Waals surface area contributed by atoms with Crippen LogP contribution in [0.2, 0.25) is 0 Å². The summed E-state index contributed by atoms with van der Waals surface area (Å²) >= 11 is 0. The van der Waals surface area contributed by atoms with Crippen molar-refractivity contribution < 1.29 is 5.11 Å². The Morgan fingerprint density at radius 2 is 1.90 bits per heavy atom. The van der Waals surface area contributed by atoms with Crippen molar-refractivity contribution in [2.45, 2.75) is 26.2 Å². The molecule has 0 amide bonds. The van der Waals surface area contributed by atoms with Crippen molar-refractivity contribution in [3.05, 3.63) is 50.4 Å². The van der Waals surface area contributed by atoms with Crippen LogP contribution >= 0.6 is 0 Å². The molecule has 0 aliphatic rings. The van der Waals surface area contributed by atoms with Gasteiger partial charge in [0, 0.05) is 5.39 Å². The molecular formula is C16H16N2O3. The predicted molar refractivity (Wildman–Crippen MR) is 83.0 cm³/mol. The van der Waals surface area contributed by atoms with Crippen LogP contribution < -0.4 is 11.0 Å². The number of fused-ring (bicyclic) bond motifs is 2. The third-order valence-electron chi connectivity index (χ3n) is 3.72. The molecule has 2 heterocycles. The van der Waals surface area contributed by atoms with Gasteiger partial charge in [-0.05, 0) is 25.0 Å². The Morgan fingerprint density at radius 1 is 1.14 bits per heavy atom. The van der Waals surface area contributed by atoms with Crippen molar-refractivity contribution in [1.29, 1.82) is 0 Å². The fraction of sp³-hybridized carbons (Fsp3) is 0.250. The highest BCUT2D eigenvalue weighted by molar-refractivity contribution is 5.94. The molecule has 0 atom stereocenters. The van der Waals surface area contributed by atoms with E-state index in [9.17, 15) is 14.7 Å². The maximum atomic E-state index is 12.5. The molecule has 1 aromatic carbocycles. The third kappa shape index (κ3) is 2.11. The van der Waals surface area contributed by atoms with Crippen LogP contribution in [-0.4, -0.2) is 15.1 Å². The number of rotatable bonds is 3. The first-order valence-electron chi connectivity index (χ1n) is 7.02. The Hall–Kier alpha value is -2.56.